The van der Waals surface area contributed by atoms with Gasteiger partial charge >= 0.3 is 0 Å². The van der Waals surface area contributed by atoms with Crippen LogP contribution in [0.5, 0.6) is 5.75 Å². The number of halogens is 2. The predicted molar refractivity (Wildman–Crippen MR) is 104 cm³/mol. The second-order valence-electron chi connectivity index (χ2n) is 5.22. The summed E-state index contributed by atoms with van der Waals surface area (Å²) in [6.07, 6.45) is 0. The Morgan fingerprint density at radius 3 is 2.68 bits per heavy atom. The Bertz CT molecular complexity index is 743. The molecule has 6 nitrogen and oxygen atoms in total. The smallest absolute Gasteiger partial charge is 0.271 e. The van der Waals surface area contributed by atoms with Crippen LogP contribution >= 0.6 is 27.5 Å². The molecular formula is C17H19BrClN3O3. The minimum absolute atomic E-state index is 0.0187. The van der Waals surface area contributed by atoms with Crippen molar-refractivity contribution in [2.45, 2.75) is 13.5 Å². The van der Waals surface area contributed by atoms with Gasteiger partial charge in [0.1, 0.15) is 5.75 Å². The number of nitro benzene ring substituents is 1. The number of ether oxygens (including phenoxy) is 1. The second-order valence-corrected chi connectivity index (χ2v) is 6.48. The van der Waals surface area contributed by atoms with Crippen LogP contribution in [0.3, 0.4) is 0 Å². The van der Waals surface area contributed by atoms with Crippen LogP contribution in [0.15, 0.2) is 40.9 Å². The lowest BCUT2D eigenvalue weighted by Gasteiger charge is -2.11. The zero-order chi connectivity index (χ0) is 18.2. The van der Waals surface area contributed by atoms with E-state index in [0.29, 0.717) is 23.9 Å². The molecule has 2 aromatic rings. The lowest BCUT2D eigenvalue weighted by atomic mass is 10.2. The zero-order valence-electron chi connectivity index (χ0n) is 13.7. The normalized spacial score (nSPS) is 10.5. The quantitative estimate of drug-likeness (QED) is 0.346. The molecule has 134 valence electrons. The van der Waals surface area contributed by atoms with Gasteiger partial charge in [0.2, 0.25) is 0 Å². The van der Waals surface area contributed by atoms with E-state index in [0.717, 1.165) is 28.9 Å². The Morgan fingerprint density at radius 2 is 2.04 bits per heavy atom. The van der Waals surface area contributed by atoms with Crippen LogP contribution in [0.4, 0.5) is 11.4 Å². The van der Waals surface area contributed by atoms with Crippen LogP contribution in [0, 0.1) is 10.1 Å². The van der Waals surface area contributed by atoms with Crippen molar-refractivity contribution in [3.8, 4) is 5.75 Å². The first-order valence-electron chi connectivity index (χ1n) is 7.81. The fourth-order valence-electron chi connectivity index (χ4n) is 2.21. The molecule has 2 aromatic carbocycles. The molecule has 0 aliphatic heterocycles. The van der Waals surface area contributed by atoms with E-state index in [2.05, 4.69) is 26.6 Å². The van der Waals surface area contributed by atoms with Gasteiger partial charge in [-0.15, -0.1) is 0 Å². The first-order chi connectivity index (χ1) is 12.0. The van der Waals surface area contributed by atoms with Gasteiger partial charge in [0, 0.05) is 31.8 Å². The van der Waals surface area contributed by atoms with E-state index in [1.54, 1.807) is 6.07 Å². The topological polar surface area (TPSA) is 76.4 Å². The van der Waals surface area contributed by atoms with Crippen molar-refractivity contribution < 1.29 is 9.66 Å². The molecule has 0 saturated heterocycles. The molecule has 2 rings (SSSR count). The van der Waals surface area contributed by atoms with Crippen molar-refractivity contribution in [2.24, 2.45) is 0 Å². The molecule has 0 unspecified atom stereocenters. The average molecular weight is 429 g/mol. The molecule has 0 spiro atoms. The van der Waals surface area contributed by atoms with E-state index >= 15 is 0 Å². The molecule has 8 heteroatoms. The monoisotopic (exact) mass is 427 g/mol. The van der Waals surface area contributed by atoms with Crippen molar-refractivity contribution in [3.63, 3.8) is 0 Å². The molecule has 0 fully saturated rings. The summed E-state index contributed by atoms with van der Waals surface area (Å²) in [6, 6.07) is 10.4. The Balaban J connectivity index is 1.76. The number of rotatable bonds is 9. The van der Waals surface area contributed by atoms with E-state index in [9.17, 15) is 10.1 Å². The number of anilines is 1. The number of nitro groups is 1. The fourth-order valence-corrected chi connectivity index (χ4v) is 2.99. The van der Waals surface area contributed by atoms with Gasteiger partial charge in [-0.2, -0.15) is 0 Å². The summed E-state index contributed by atoms with van der Waals surface area (Å²) in [7, 11) is 0. The number of non-ortho nitro benzene ring substituents is 1. The summed E-state index contributed by atoms with van der Waals surface area (Å²) in [6.45, 7) is 4.67. The highest BCUT2D eigenvalue weighted by Crippen LogP contribution is 2.27. The van der Waals surface area contributed by atoms with Crippen LogP contribution in [-0.4, -0.2) is 24.6 Å². The summed E-state index contributed by atoms with van der Waals surface area (Å²) in [5, 5.41) is 17.5. The molecular weight excluding hydrogens is 410 g/mol. The largest absolute Gasteiger partial charge is 0.493 e. The van der Waals surface area contributed by atoms with Crippen molar-refractivity contribution >= 4 is 38.9 Å². The molecule has 0 aromatic heterocycles. The molecule has 0 bridgehead atoms. The molecule has 0 saturated carbocycles. The minimum Gasteiger partial charge on any atom is -0.493 e. The van der Waals surface area contributed by atoms with Gasteiger partial charge in [0.05, 0.1) is 26.7 Å². The summed E-state index contributed by atoms with van der Waals surface area (Å²) in [4.78, 5) is 10.2. The van der Waals surface area contributed by atoms with Gasteiger partial charge in [0.25, 0.3) is 5.69 Å². The van der Waals surface area contributed by atoms with Gasteiger partial charge in [0.15, 0.2) is 0 Å². The third kappa shape index (κ3) is 5.88. The average Bonchev–Trinajstić information content (AvgIpc) is 2.58. The number of hydrogen-bond acceptors (Lipinski definition) is 5. The number of nitrogens with zero attached hydrogens (tertiary/aromatic N) is 1. The first-order valence-corrected chi connectivity index (χ1v) is 8.98. The van der Waals surface area contributed by atoms with Crippen molar-refractivity contribution in [2.75, 3.05) is 25.0 Å². The van der Waals surface area contributed by atoms with Crippen LogP contribution in [-0.2, 0) is 6.54 Å². The van der Waals surface area contributed by atoms with Crippen molar-refractivity contribution in [3.05, 3.63) is 61.6 Å². The van der Waals surface area contributed by atoms with Crippen molar-refractivity contribution in [1.29, 1.82) is 0 Å². The van der Waals surface area contributed by atoms with Gasteiger partial charge in [-0.25, -0.2) is 0 Å². The highest BCUT2D eigenvalue weighted by Gasteiger charge is 2.08. The van der Waals surface area contributed by atoms with Gasteiger partial charge in [-0.05, 0) is 46.6 Å². The second kappa shape index (κ2) is 9.60. The summed E-state index contributed by atoms with van der Waals surface area (Å²) in [5.74, 6) is 0.834. The molecule has 0 aliphatic rings. The molecule has 25 heavy (non-hydrogen) atoms. The Labute approximate surface area is 159 Å². The van der Waals surface area contributed by atoms with Crippen LogP contribution in [0.25, 0.3) is 0 Å². The van der Waals surface area contributed by atoms with Crippen LogP contribution in [0.1, 0.15) is 12.5 Å². The lowest BCUT2D eigenvalue weighted by molar-refractivity contribution is -0.384. The maximum absolute atomic E-state index is 10.7. The van der Waals surface area contributed by atoms with Crippen molar-refractivity contribution in [1.82, 2.24) is 5.32 Å². The predicted octanol–water partition coefficient (Wildman–Crippen LogP) is 4.61. The third-order valence-electron chi connectivity index (χ3n) is 3.41. The summed E-state index contributed by atoms with van der Waals surface area (Å²) < 4.78 is 6.42. The number of hydrogen-bond donors (Lipinski definition) is 2. The first kappa shape index (κ1) is 19.5. The third-order valence-corrected chi connectivity index (χ3v) is 4.34. The molecule has 2 N–H and O–H groups in total. The van der Waals surface area contributed by atoms with E-state index in [1.165, 1.54) is 12.1 Å². The lowest BCUT2D eigenvalue weighted by Crippen LogP contribution is -2.21. The maximum atomic E-state index is 10.7. The van der Waals surface area contributed by atoms with Gasteiger partial charge in [-0.1, -0.05) is 17.7 Å². The van der Waals surface area contributed by atoms with E-state index in [-0.39, 0.29) is 5.69 Å². The Morgan fingerprint density at radius 1 is 1.24 bits per heavy atom. The highest BCUT2D eigenvalue weighted by atomic mass is 79.9. The number of benzene rings is 2. The molecule has 0 radical (unpaired) electrons. The minimum atomic E-state index is -0.466. The SMILES string of the molecule is CCOc1ccc(CNCCNc2ccc([N+](=O)[O-])cc2Cl)cc1Br. The molecule has 0 amide bonds. The maximum Gasteiger partial charge on any atom is 0.271 e. The molecule has 0 heterocycles. The highest BCUT2D eigenvalue weighted by molar-refractivity contribution is 9.10. The van der Waals surface area contributed by atoms with Gasteiger partial charge < -0.3 is 15.4 Å². The standard InChI is InChI=1S/C17H19BrClN3O3/c1-2-25-17-6-3-12(9-14(17)18)11-20-7-8-21-16-5-4-13(22(23)24)10-15(16)19/h3-6,9-10,20-21H,2,7-8,11H2,1H3. The number of nitrogens with one attached hydrogen (secondary N) is 2. The van der Waals surface area contributed by atoms with Crippen LogP contribution in [0.2, 0.25) is 5.02 Å². The molecule has 0 atom stereocenters. The summed E-state index contributed by atoms with van der Waals surface area (Å²) in [5.41, 5.74) is 1.80. The fraction of sp³-hybridized carbons (Fsp3) is 0.294. The Kier molecular flexibility index (Phi) is 7.49. The summed E-state index contributed by atoms with van der Waals surface area (Å²) >= 11 is 9.53. The van der Waals surface area contributed by atoms with Crippen LogP contribution < -0.4 is 15.4 Å². The van der Waals surface area contributed by atoms with E-state index in [1.807, 2.05) is 25.1 Å². The van der Waals surface area contributed by atoms with E-state index < -0.39 is 4.92 Å². The molecule has 0 aliphatic carbocycles. The van der Waals surface area contributed by atoms with Gasteiger partial charge in [-0.3, -0.25) is 10.1 Å². The van der Waals surface area contributed by atoms with E-state index in [4.69, 9.17) is 16.3 Å². The zero-order valence-corrected chi connectivity index (χ0v) is 16.1. The Hall–Kier alpha value is -1.83.